The molecule has 21 heavy (non-hydrogen) atoms. The van der Waals surface area contributed by atoms with Crippen LogP contribution >= 0.6 is 0 Å². The third-order valence-corrected chi connectivity index (χ3v) is 4.29. The molecule has 1 aromatic carbocycles. The van der Waals surface area contributed by atoms with Crippen molar-refractivity contribution in [1.29, 1.82) is 0 Å². The molecule has 112 valence electrons. The van der Waals surface area contributed by atoms with Crippen LogP contribution in [0.5, 0.6) is 0 Å². The van der Waals surface area contributed by atoms with Crippen LogP contribution in [0.2, 0.25) is 0 Å². The Kier molecular flexibility index (Phi) is 4.36. The van der Waals surface area contributed by atoms with Gasteiger partial charge in [0.05, 0.1) is 18.0 Å². The van der Waals surface area contributed by atoms with Gasteiger partial charge in [-0.3, -0.25) is 4.57 Å². The average Bonchev–Trinajstić information content (AvgIpc) is 2.88. The van der Waals surface area contributed by atoms with Gasteiger partial charge in [-0.1, -0.05) is 18.2 Å². The molecule has 2 N–H and O–H groups in total. The summed E-state index contributed by atoms with van der Waals surface area (Å²) in [6.45, 7) is 2.85. The highest BCUT2D eigenvalue weighted by molar-refractivity contribution is 5.35. The van der Waals surface area contributed by atoms with Crippen LogP contribution in [0.25, 0.3) is 5.69 Å². The number of aliphatic hydroxyl groups is 1. The van der Waals surface area contributed by atoms with Gasteiger partial charge in [0.15, 0.2) is 0 Å². The molecule has 1 saturated carbocycles. The first-order valence-electron chi connectivity index (χ1n) is 7.74. The molecule has 0 bridgehead atoms. The van der Waals surface area contributed by atoms with Crippen LogP contribution in [0.15, 0.2) is 36.5 Å². The highest BCUT2D eigenvalue weighted by Crippen LogP contribution is 2.19. The second-order valence-corrected chi connectivity index (χ2v) is 5.85. The second-order valence-electron chi connectivity index (χ2n) is 5.85. The van der Waals surface area contributed by atoms with Crippen LogP contribution in [0.3, 0.4) is 0 Å². The third kappa shape index (κ3) is 3.34. The largest absolute Gasteiger partial charge is 0.393 e. The van der Waals surface area contributed by atoms with E-state index in [1.807, 2.05) is 19.2 Å². The van der Waals surface area contributed by atoms with E-state index in [1.165, 1.54) is 5.69 Å². The number of nitrogens with zero attached hydrogens (tertiary/aromatic N) is 2. The molecule has 1 heterocycles. The van der Waals surface area contributed by atoms with Gasteiger partial charge < -0.3 is 10.4 Å². The number of rotatable bonds is 4. The fraction of sp³-hybridized carbons (Fsp3) is 0.471. The maximum atomic E-state index is 9.57. The normalized spacial score (nSPS) is 22.4. The predicted octanol–water partition coefficient (Wildman–Crippen LogP) is 2.57. The van der Waals surface area contributed by atoms with Crippen LogP contribution in [-0.4, -0.2) is 26.8 Å². The molecule has 1 aromatic heterocycles. The molecule has 0 saturated heterocycles. The number of benzene rings is 1. The number of nitrogens with one attached hydrogen (secondary N) is 1. The molecule has 1 fully saturated rings. The van der Waals surface area contributed by atoms with Gasteiger partial charge in [0.1, 0.15) is 5.82 Å². The lowest BCUT2D eigenvalue weighted by Crippen LogP contribution is -2.34. The fourth-order valence-electron chi connectivity index (χ4n) is 3.07. The molecular formula is C17H23N3O. The molecule has 4 heteroatoms. The number of para-hydroxylation sites is 1. The minimum atomic E-state index is -0.0971. The molecule has 1 aliphatic rings. The molecule has 0 radical (unpaired) electrons. The van der Waals surface area contributed by atoms with Crippen LogP contribution < -0.4 is 5.32 Å². The number of aryl methyl sites for hydroxylation is 1. The molecule has 1 aliphatic carbocycles. The number of aliphatic hydroxyl groups excluding tert-OH is 1. The second kappa shape index (κ2) is 6.41. The molecule has 0 atom stereocenters. The van der Waals surface area contributed by atoms with Gasteiger partial charge in [-0.25, -0.2) is 4.98 Å². The van der Waals surface area contributed by atoms with Crippen molar-refractivity contribution in [3.8, 4) is 5.69 Å². The van der Waals surface area contributed by atoms with E-state index in [2.05, 4.69) is 39.1 Å². The first kappa shape index (κ1) is 14.3. The average molecular weight is 285 g/mol. The Balaban J connectivity index is 1.69. The number of hydrogen-bond donors (Lipinski definition) is 2. The maximum Gasteiger partial charge on any atom is 0.110 e. The minimum absolute atomic E-state index is 0.0971. The van der Waals surface area contributed by atoms with E-state index in [0.717, 1.165) is 43.7 Å². The van der Waals surface area contributed by atoms with E-state index in [4.69, 9.17) is 0 Å². The van der Waals surface area contributed by atoms with Gasteiger partial charge in [0, 0.05) is 18.3 Å². The minimum Gasteiger partial charge on any atom is -0.393 e. The van der Waals surface area contributed by atoms with E-state index in [9.17, 15) is 5.11 Å². The summed E-state index contributed by atoms with van der Waals surface area (Å²) >= 11 is 0. The summed E-state index contributed by atoms with van der Waals surface area (Å²) in [6, 6.07) is 10.8. The van der Waals surface area contributed by atoms with Crippen molar-refractivity contribution >= 4 is 0 Å². The van der Waals surface area contributed by atoms with Crippen LogP contribution in [0.1, 0.15) is 37.2 Å². The van der Waals surface area contributed by atoms with Crippen molar-refractivity contribution in [2.45, 2.75) is 51.3 Å². The summed E-state index contributed by atoms with van der Waals surface area (Å²) in [5.74, 6) is 1.01. The Labute approximate surface area is 125 Å². The zero-order valence-corrected chi connectivity index (χ0v) is 12.5. The predicted molar refractivity (Wildman–Crippen MR) is 83.4 cm³/mol. The zero-order valence-electron chi connectivity index (χ0n) is 12.5. The highest BCUT2D eigenvalue weighted by atomic mass is 16.3. The van der Waals surface area contributed by atoms with E-state index >= 15 is 0 Å². The van der Waals surface area contributed by atoms with E-state index in [0.29, 0.717) is 6.04 Å². The van der Waals surface area contributed by atoms with Crippen molar-refractivity contribution < 1.29 is 5.11 Å². The molecule has 3 rings (SSSR count). The van der Waals surface area contributed by atoms with Gasteiger partial charge in [0.2, 0.25) is 0 Å². The molecule has 0 spiro atoms. The Morgan fingerprint density at radius 3 is 2.62 bits per heavy atom. The molecular weight excluding hydrogens is 262 g/mol. The van der Waals surface area contributed by atoms with Crippen LogP contribution in [0, 0.1) is 6.92 Å². The zero-order chi connectivity index (χ0) is 14.7. The summed E-state index contributed by atoms with van der Waals surface area (Å²) in [4.78, 5) is 4.45. The Bertz CT molecular complexity index is 571. The van der Waals surface area contributed by atoms with Gasteiger partial charge in [-0.05, 0) is 44.7 Å². The Morgan fingerprint density at radius 2 is 1.90 bits per heavy atom. The van der Waals surface area contributed by atoms with Crippen LogP contribution in [-0.2, 0) is 6.54 Å². The quantitative estimate of drug-likeness (QED) is 0.908. The van der Waals surface area contributed by atoms with Crippen molar-refractivity contribution in [3.05, 3.63) is 48.0 Å². The topological polar surface area (TPSA) is 50.1 Å². The number of hydrogen-bond acceptors (Lipinski definition) is 3. The van der Waals surface area contributed by atoms with Gasteiger partial charge in [-0.2, -0.15) is 0 Å². The smallest absolute Gasteiger partial charge is 0.110 e. The number of aromatic nitrogens is 2. The first-order valence-corrected chi connectivity index (χ1v) is 7.74. The summed E-state index contributed by atoms with van der Waals surface area (Å²) in [5, 5.41) is 13.2. The van der Waals surface area contributed by atoms with E-state index in [-0.39, 0.29) is 6.10 Å². The first-order chi connectivity index (χ1) is 10.2. The summed E-state index contributed by atoms with van der Waals surface area (Å²) in [5.41, 5.74) is 2.34. The van der Waals surface area contributed by atoms with E-state index in [1.54, 1.807) is 0 Å². The van der Waals surface area contributed by atoms with Crippen LogP contribution in [0.4, 0.5) is 0 Å². The molecule has 0 unspecified atom stereocenters. The van der Waals surface area contributed by atoms with E-state index < -0.39 is 0 Å². The lowest BCUT2D eigenvalue weighted by Gasteiger charge is -2.26. The lowest BCUT2D eigenvalue weighted by atomic mass is 9.93. The van der Waals surface area contributed by atoms with Gasteiger partial charge in [-0.15, -0.1) is 0 Å². The van der Waals surface area contributed by atoms with Gasteiger partial charge >= 0.3 is 0 Å². The third-order valence-electron chi connectivity index (χ3n) is 4.29. The molecule has 2 aromatic rings. The maximum absolute atomic E-state index is 9.57. The summed E-state index contributed by atoms with van der Waals surface area (Å²) < 4.78 is 2.20. The van der Waals surface area contributed by atoms with Gasteiger partial charge in [0.25, 0.3) is 0 Å². The van der Waals surface area contributed by atoms with Crippen molar-refractivity contribution in [2.24, 2.45) is 0 Å². The highest BCUT2D eigenvalue weighted by Gasteiger charge is 2.19. The Morgan fingerprint density at radius 1 is 1.19 bits per heavy atom. The molecule has 4 nitrogen and oxygen atoms in total. The lowest BCUT2D eigenvalue weighted by molar-refractivity contribution is 0.116. The van der Waals surface area contributed by atoms with Crippen molar-refractivity contribution in [1.82, 2.24) is 14.9 Å². The SMILES string of the molecule is Cc1ncc(CNC2CCC(O)CC2)n1-c1ccccc1. The fourth-order valence-corrected chi connectivity index (χ4v) is 3.07. The Hall–Kier alpha value is -1.65. The standard InChI is InChI=1S/C17H23N3O/c1-13-18-11-16(20(13)15-5-3-2-4-6-15)12-19-14-7-9-17(21)10-8-14/h2-6,11,14,17,19,21H,7-10,12H2,1H3. The van der Waals surface area contributed by atoms with Crippen molar-refractivity contribution in [2.75, 3.05) is 0 Å². The van der Waals surface area contributed by atoms with Crippen molar-refractivity contribution in [3.63, 3.8) is 0 Å². The summed E-state index contributed by atoms with van der Waals surface area (Å²) in [6.07, 6.45) is 5.79. The molecule has 0 aliphatic heterocycles. The monoisotopic (exact) mass is 285 g/mol. The molecule has 0 amide bonds. The number of imidazole rings is 1. The summed E-state index contributed by atoms with van der Waals surface area (Å²) in [7, 11) is 0.